The van der Waals surface area contributed by atoms with E-state index in [0.29, 0.717) is 38.8 Å². The fourth-order valence-corrected chi connectivity index (χ4v) is 5.32. The number of unbranched alkanes of at least 4 members (excludes halogenated alkanes) is 1. The Bertz CT molecular complexity index is 702. The zero-order chi connectivity index (χ0) is 21.6. The minimum Gasteiger partial charge on any atom is -0.481 e. The Hall–Kier alpha value is -1.93. The van der Waals surface area contributed by atoms with Gasteiger partial charge in [0.2, 0.25) is 11.8 Å². The van der Waals surface area contributed by atoms with Gasteiger partial charge in [0.05, 0.1) is 17.9 Å². The van der Waals surface area contributed by atoms with Crippen molar-refractivity contribution in [3.63, 3.8) is 0 Å². The summed E-state index contributed by atoms with van der Waals surface area (Å²) in [6.07, 6.45) is 3.19. The smallest absolute Gasteiger partial charge is 0.310 e. The predicted molar refractivity (Wildman–Crippen MR) is 105 cm³/mol. The van der Waals surface area contributed by atoms with Crippen LogP contribution >= 0.6 is 0 Å². The summed E-state index contributed by atoms with van der Waals surface area (Å²) in [7, 11) is 0. The van der Waals surface area contributed by atoms with Crippen molar-refractivity contribution in [3.05, 3.63) is 12.7 Å². The molecule has 0 aromatic carbocycles. The molecule has 3 heterocycles. The highest BCUT2D eigenvalue weighted by Gasteiger charge is 2.74. The molecule has 3 aliphatic heterocycles. The number of amides is 2. The van der Waals surface area contributed by atoms with Gasteiger partial charge in [0.1, 0.15) is 11.6 Å². The summed E-state index contributed by atoms with van der Waals surface area (Å²) in [6, 6.07) is -0.854. The van der Waals surface area contributed by atoms with E-state index in [-0.39, 0.29) is 18.4 Å². The van der Waals surface area contributed by atoms with Crippen LogP contribution in [0.1, 0.15) is 46.5 Å². The lowest BCUT2D eigenvalue weighted by Gasteiger charge is -2.42. The number of aliphatic hydroxyl groups is 1. The van der Waals surface area contributed by atoms with Gasteiger partial charge in [-0.15, -0.1) is 6.58 Å². The summed E-state index contributed by atoms with van der Waals surface area (Å²) in [5, 5.41) is 18.9. The van der Waals surface area contributed by atoms with Crippen LogP contribution in [0.25, 0.3) is 0 Å². The van der Waals surface area contributed by atoms with Crippen molar-refractivity contribution >= 4 is 17.8 Å². The average molecular weight is 408 g/mol. The highest BCUT2D eigenvalue weighted by atomic mass is 16.5. The summed E-state index contributed by atoms with van der Waals surface area (Å²) >= 11 is 0. The zero-order valence-electron chi connectivity index (χ0n) is 17.5. The maximum absolute atomic E-state index is 13.8. The first-order valence-corrected chi connectivity index (χ1v) is 10.3. The van der Waals surface area contributed by atoms with Gasteiger partial charge in [0, 0.05) is 25.2 Å². The number of carbonyl (C=O) groups is 3. The molecule has 1 spiro atoms. The van der Waals surface area contributed by atoms with Gasteiger partial charge in [-0.05, 0) is 46.5 Å². The van der Waals surface area contributed by atoms with E-state index in [2.05, 4.69) is 6.58 Å². The molecule has 3 fully saturated rings. The highest BCUT2D eigenvalue weighted by Crippen LogP contribution is 2.58. The lowest BCUT2D eigenvalue weighted by atomic mass is 9.70. The van der Waals surface area contributed by atoms with Crippen LogP contribution in [0.4, 0.5) is 0 Å². The molecule has 3 rings (SSSR count). The number of fused-ring (bicyclic) bond motifs is 1. The number of carboxylic acid groups (broad SMARTS) is 1. The van der Waals surface area contributed by atoms with Crippen LogP contribution in [0, 0.1) is 11.8 Å². The number of hydrogen-bond acceptors (Lipinski definition) is 5. The van der Waals surface area contributed by atoms with Crippen molar-refractivity contribution in [2.75, 3.05) is 19.7 Å². The molecule has 2 bridgehead atoms. The van der Waals surface area contributed by atoms with Crippen LogP contribution in [-0.4, -0.2) is 80.8 Å². The zero-order valence-corrected chi connectivity index (χ0v) is 17.5. The number of ether oxygens (including phenoxy) is 1. The molecule has 0 radical (unpaired) electrons. The Kier molecular flexibility index (Phi) is 5.80. The van der Waals surface area contributed by atoms with Crippen LogP contribution in [0.2, 0.25) is 0 Å². The SMILES string of the molecule is C=CCN(C(=O)[C@@H]1N(CCCCO)C(=O)[C@H]2[C@H](C(=O)O)[C@@H]3CC[C@]12O3)C(C)(C)C. The molecule has 5 atom stereocenters. The third kappa shape index (κ3) is 3.36. The van der Waals surface area contributed by atoms with Crippen molar-refractivity contribution in [1.29, 1.82) is 0 Å². The molecular formula is C21H32N2O6. The monoisotopic (exact) mass is 408 g/mol. The second-order valence-corrected chi connectivity index (χ2v) is 9.26. The number of carbonyl (C=O) groups excluding carboxylic acids is 2. The molecule has 8 nitrogen and oxygen atoms in total. The van der Waals surface area contributed by atoms with Crippen LogP contribution in [-0.2, 0) is 19.1 Å². The first-order chi connectivity index (χ1) is 13.6. The van der Waals surface area contributed by atoms with E-state index >= 15 is 0 Å². The van der Waals surface area contributed by atoms with Gasteiger partial charge in [-0.3, -0.25) is 14.4 Å². The molecule has 2 N–H and O–H groups in total. The minimum atomic E-state index is -1.09. The predicted octanol–water partition coefficient (Wildman–Crippen LogP) is 1.03. The molecular weight excluding hydrogens is 376 g/mol. The van der Waals surface area contributed by atoms with Gasteiger partial charge in [0.25, 0.3) is 0 Å². The molecule has 0 aromatic heterocycles. The Morgan fingerprint density at radius 2 is 2.07 bits per heavy atom. The lowest BCUT2D eigenvalue weighted by Crippen LogP contribution is -2.59. The second-order valence-electron chi connectivity index (χ2n) is 9.26. The molecule has 3 saturated heterocycles. The summed E-state index contributed by atoms with van der Waals surface area (Å²) in [6.45, 7) is 10.1. The first kappa shape index (κ1) is 21.8. The summed E-state index contributed by atoms with van der Waals surface area (Å²) in [5.41, 5.74) is -1.59. The Morgan fingerprint density at radius 3 is 2.62 bits per heavy atom. The van der Waals surface area contributed by atoms with Gasteiger partial charge in [-0.2, -0.15) is 0 Å². The number of rotatable bonds is 8. The molecule has 29 heavy (non-hydrogen) atoms. The van der Waals surface area contributed by atoms with Crippen molar-refractivity contribution in [2.45, 2.75) is 69.7 Å². The van der Waals surface area contributed by atoms with Crippen molar-refractivity contribution in [3.8, 4) is 0 Å². The maximum atomic E-state index is 13.8. The average Bonchev–Trinajstić information content (AvgIpc) is 3.26. The van der Waals surface area contributed by atoms with E-state index < -0.39 is 41.1 Å². The summed E-state index contributed by atoms with van der Waals surface area (Å²) in [4.78, 5) is 42.3. The van der Waals surface area contributed by atoms with Gasteiger partial charge < -0.3 is 24.7 Å². The van der Waals surface area contributed by atoms with E-state index in [1.807, 2.05) is 20.8 Å². The third-order valence-corrected chi connectivity index (χ3v) is 6.51. The van der Waals surface area contributed by atoms with E-state index in [1.165, 1.54) is 4.90 Å². The number of aliphatic hydroxyl groups excluding tert-OH is 1. The van der Waals surface area contributed by atoms with Crippen molar-refractivity contribution in [2.24, 2.45) is 11.8 Å². The molecule has 2 amide bonds. The molecule has 8 heteroatoms. The van der Waals surface area contributed by atoms with Crippen LogP contribution in [0.15, 0.2) is 12.7 Å². The van der Waals surface area contributed by atoms with Crippen LogP contribution in [0.3, 0.4) is 0 Å². The summed E-state index contributed by atoms with van der Waals surface area (Å²) in [5.74, 6) is -3.35. The largest absolute Gasteiger partial charge is 0.481 e. The molecule has 162 valence electrons. The maximum Gasteiger partial charge on any atom is 0.310 e. The molecule has 0 unspecified atom stereocenters. The van der Waals surface area contributed by atoms with E-state index in [1.54, 1.807) is 11.0 Å². The standard InChI is InChI=1S/C21H32N2O6/c1-5-10-23(20(2,3)4)18(26)16-21-9-8-13(29-21)14(19(27)28)15(21)17(25)22(16)11-6-7-12-24/h5,13-16,24H,1,6-12H2,2-4H3,(H,27,28)/t13-,14+,15+,16-,21+/m0/s1. The Balaban J connectivity index is 2.03. The van der Waals surface area contributed by atoms with Crippen LogP contribution in [0.5, 0.6) is 0 Å². The fraction of sp³-hybridized carbons (Fsp3) is 0.762. The van der Waals surface area contributed by atoms with Crippen LogP contribution < -0.4 is 0 Å². The van der Waals surface area contributed by atoms with Gasteiger partial charge in [0.15, 0.2) is 0 Å². The normalized spacial score (nSPS) is 33.1. The lowest BCUT2D eigenvalue weighted by molar-refractivity contribution is -0.152. The number of hydrogen-bond donors (Lipinski definition) is 2. The molecule has 0 aliphatic carbocycles. The Morgan fingerprint density at radius 1 is 1.38 bits per heavy atom. The second kappa shape index (κ2) is 7.72. The van der Waals surface area contributed by atoms with E-state index in [4.69, 9.17) is 9.84 Å². The molecule has 0 aromatic rings. The highest BCUT2D eigenvalue weighted by molar-refractivity contribution is 5.98. The minimum absolute atomic E-state index is 0.00385. The molecule has 0 saturated carbocycles. The number of nitrogens with zero attached hydrogens (tertiary/aromatic N) is 2. The number of aliphatic carboxylic acids is 1. The topological polar surface area (TPSA) is 107 Å². The van der Waals surface area contributed by atoms with Gasteiger partial charge >= 0.3 is 5.97 Å². The molecule has 3 aliphatic rings. The summed E-state index contributed by atoms with van der Waals surface area (Å²) < 4.78 is 6.17. The van der Waals surface area contributed by atoms with E-state index in [9.17, 15) is 19.5 Å². The van der Waals surface area contributed by atoms with Crippen molar-refractivity contribution < 1.29 is 29.3 Å². The van der Waals surface area contributed by atoms with Gasteiger partial charge in [-0.25, -0.2) is 0 Å². The van der Waals surface area contributed by atoms with E-state index in [0.717, 1.165) is 0 Å². The third-order valence-electron chi connectivity index (χ3n) is 6.51. The first-order valence-electron chi connectivity index (χ1n) is 10.3. The van der Waals surface area contributed by atoms with Crippen molar-refractivity contribution in [1.82, 2.24) is 9.80 Å². The number of likely N-dealkylation sites (tertiary alicyclic amines) is 1. The Labute approximate surface area is 171 Å². The fourth-order valence-electron chi connectivity index (χ4n) is 5.32. The quantitative estimate of drug-likeness (QED) is 0.459. The van der Waals surface area contributed by atoms with Gasteiger partial charge in [-0.1, -0.05) is 6.08 Å². The number of carboxylic acids is 1.